The minimum atomic E-state index is 0.475. The van der Waals surface area contributed by atoms with Gasteiger partial charge < -0.3 is 0 Å². The second-order valence-corrected chi connectivity index (χ2v) is 2.80. The van der Waals surface area contributed by atoms with Crippen LogP contribution in [0, 0.1) is 5.92 Å². The van der Waals surface area contributed by atoms with Crippen molar-refractivity contribution in [3.63, 3.8) is 0 Å². The molecule has 0 fully saturated rings. The normalized spacial score (nSPS) is 23.7. The van der Waals surface area contributed by atoms with E-state index in [4.69, 9.17) is 0 Å². The molecule has 0 aromatic heterocycles. The van der Waals surface area contributed by atoms with Gasteiger partial charge in [0, 0.05) is 25.4 Å². The van der Waals surface area contributed by atoms with E-state index in [0.29, 0.717) is 11.8 Å². The van der Waals surface area contributed by atoms with Crippen molar-refractivity contribution in [1.29, 1.82) is 0 Å². The van der Waals surface area contributed by atoms with Crippen LogP contribution < -0.4 is 0 Å². The highest BCUT2D eigenvalue weighted by molar-refractivity contribution is 6.16. The van der Waals surface area contributed by atoms with Crippen molar-refractivity contribution in [3.8, 4) is 0 Å². The van der Waals surface area contributed by atoms with Gasteiger partial charge in [-0.15, -0.1) is 0 Å². The first-order valence-electron chi connectivity index (χ1n) is 3.93. The van der Waals surface area contributed by atoms with Crippen LogP contribution in [0.5, 0.6) is 0 Å². The van der Waals surface area contributed by atoms with Crippen molar-refractivity contribution in [2.24, 2.45) is 20.9 Å². The monoisotopic (exact) mass is 163 g/mol. The second kappa shape index (κ2) is 3.95. The molecule has 1 aliphatic heterocycles. The molecule has 0 bridgehead atoms. The molecule has 64 valence electrons. The third-order valence-electron chi connectivity index (χ3n) is 1.71. The van der Waals surface area contributed by atoms with Gasteiger partial charge in [0.25, 0.3) is 0 Å². The molecular weight excluding hydrogens is 150 g/mol. The molecule has 0 aromatic carbocycles. The van der Waals surface area contributed by atoms with Gasteiger partial charge >= 0.3 is 0 Å². The molecule has 0 aliphatic carbocycles. The number of hydrogen-bond acceptors (Lipinski definition) is 2. The predicted molar refractivity (Wildman–Crippen MR) is 53.5 cm³/mol. The maximum atomic E-state index is 4.19. The van der Waals surface area contributed by atoms with Crippen molar-refractivity contribution in [2.45, 2.75) is 6.92 Å². The minimum Gasteiger partial charge on any atom is -0.292 e. The molecule has 0 radical (unpaired) electrons. The van der Waals surface area contributed by atoms with E-state index < -0.39 is 0 Å². The Kier molecular flexibility index (Phi) is 2.91. The van der Waals surface area contributed by atoms with Crippen LogP contribution in [0.3, 0.4) is 0 Å². The molecule has 1 aliphatic rings. The molecule has 3 heteroatoms. The molecule has 1 atom stereocenters. The highest BCUT2D eigenvalue weighted by atomic mass is 14.9. The first-order valence-corrected chi connectivity index (χ1v) is 3.93. The van der Waals surface area contributed by atoms with Crippen LogP contribution in [0.4, 0.5) is 0 Å². The fourth-order valence-corrected chi connectivity index (χ4v) is 1.14. The summed E-state index contributed by atoms with van der Waals surface area (Å²) in [5, 5.41) is 0. The summed E-state index contributed by atoms with van der Waals surface area (Å²) in [6, 6.07) is 0. The van der Waals surface area contributed by atoms with E-state index in [9.17, 15) is 0 Å². The molecule has 0 aromatic rings. The summed E-state index contributed by atoms with van der Waals surface area (Å²) >= 11 is 0. The number of dihydropyridines is 1. The molecule has 0 saturated carbocycles. The quantitative estimate of drug-likeness (QED) is 0.413. The lowest BCUT2D eigenvalue weighted by molar-refractivity contribution is 0.734. The van der Waals surface area contributed by atoms with Crippen LogP contribution in [0.2, 0.25) is 0 Å². The third-order valence-corrected chi connectivity index (χ3v) is 1.71. The Bertz CT molecular complexity index is 261. The zero-order valence-corrected chi connectivity index (χ0v) is 7.49. The van der Waals surface area contributed by atoms with Crippen LogP contribution in [0.15, 0.2) is 26.6 Å². The summed E-state index contributed by atoms with van der Waals surface area (Å²) in [4.78, 5) is 12.0. The molecule has 12 heavy (non-hydrogen) atoms. The summed E-state index contributed by atoms with van der Waals surface area (Å²) in [7, 11) is 1.71. The van der Waals surface area contributed by atoms with E-state index >= 15 is 0 Å². The maximum Gasteiger partial charge on any atom is 0.154 e. The van der Waals surface area contributed by atoms with Crippen LogP contribution >= 0.6 is 0 Å². The van der Waals surface area contributed by atoms with Crippen molar-refractivity contribution in [1.82, 2.24) is 0 Å². The standard InChI is InChI=1S/C9H13N3/c1-7-4-8(6-12-5-7)9(10-2)11-3/h4,6-7H,2,5H2,1,3H3. The average Bonchev–Trinajstić information content (AvgIpc) is 2.07. The average molecular weight is 163 g/mol. The molecule has 0 spiro atoms. The van der Waals surface area contributed by atoms with Gasteiger partial charge in [0.15, 0.2) is 5.84 Å². The smallest absolute Gasteiger partial charge is 0.154 e. The maximum absolute atomic E-state index is 4.19. The van der Waals surface area contributed by atoms with Crippen molar-refractivity contribution < 1.29 is 0 Å². The van der Waals surface area contributed by atoms with Crippen LogP contribution in [0.25, 0.3) is 0 Å². The Morgan fingerprint density at radius 3 is 3.00 bits per heavy atom. The van der Waals surface area contributed by atoms with E-state index in [1.54, 1.807) is 13.3 Å². The third kappa shape index (κ3) is 1.87. The van der Waals surface area contributed by atoms with Crippen molar-refractivity contribution >= 4 is 18.8 Å². The SMILES string of the molecule is C=NC(=NC)C1=CC(C)CN=C1. The van der Waals surface area contributed by atoms with E-state index in [2.05, 4.69) is 34.7 Å². The fourth-order valence-electron chi connectivity index (χ4n) is 1.14. The lowest BCUT2D eigenvalue weighted by atomic mass is 10.1. The zero-order valence-electron chi connectivity index (χ0n) is 7.49. The molecule has 1 heterocycles. The highest BCUT2D eigenvalue weighted by Gasteiger charge is 2.08. The predicted octanol–water partition coefficient (Wildman–Crippen LogP) is 1.36. The van der Waals surface area contributed by atoms with Crippen LogP contribution in [0.1, 0.15) is 6.92 Å². The Morgan fingerprint density at radius 2 is 2.50 bits per heavy atom. The first-order chi connectivity index (χ1) is 5.77. The number of nitrogens with zero attached hydrogens (tertiary/aromatic N) is 3. The van der Waals surface area contributed by atoms with E-state index in [1.807, 2.05) is 0 Å². The lowest BCUT2D eigenvalue weighted by Crippen LogP contribution is -2.10. The van der Waals surface area contributed by atoms with Gasteiger partial charge in [-0.25, -0.2) is 4.99 Å². The van der Waals surface area contributed by atoms with Gasteiger partial charge in [0.1, 0.15) is 0 Å². The van der Waals surface area contributed by atoms with Gasteiger partial charge in [-0.3, -0.25) is 9.98 Å². The van der Waals surface area contributed by atoms with Crippen LogP contribution in [-0.2, 0) is 0 Å². The number of aliphatic imine (C=N–C) groups is 3. The Balaban J connectivity index is 2.87. The van der Waals surface area contributed by atoms with Gasteiger partial charge in [0.05, 0.1) is 0 Å². The summed E-state index contributed by atoms with van der Waals surface area (Å²) in [5.41, 5.74) is 0.978. The van der Waals surface area contributed by atoms with E-state index in [-0.39, 0.29) is 0 Å². The highest BCUT2D eigenvalue weighted by Crippen LogP contribution is 2.09. The first kappa shape index (κ1) is 8.84. The summed E-state index contributed by atoms with van der Waals surface area (Å²) in [6.45, 7) is 6.43. The molecule has 0 N–H and O–H groups in total. The van der Waals surface area contributed by atoms with Crippen molar-refractivity contribution in [2.75, 3.05) is 13.6 Å². The Morgan fingerprint density at radius 1 is 1.75 bits per heavy atom. The van der Waals surface area contributed by atoms with Crippen molar-refractivity contribution in [3.05, 3.63) is 11.6 Å². The Hall–Kier alpha value is -1.25. The number of rotatable bonds is 1. The van der Waals surface area contributed by atoms with E-state index in [0.717, 1.165) is 12.1 Å². The topological polar surface area (TPSA) is 37.1 Å². The second-order valence-electron chi connectivity index (χ2n) is 2.80. The van der Waals surface area contributed by atoms with Gasteiger partial charge in [-0.1, -0.05) is 13.0 Å². The zero-order chi connectivity index (χ0) is 8.97. The lowest BCUT2D eigenvalue weighted by Gasteiger charge is -2.10. The molecule has 0 amide bonds. The van der Waals surface area contributed by atoms with Gasteiger partial charge in [0.2, 0.25) is 0 Å². The largest absolute Gasteiger partial charge is 0.292 e. The van der Waals surface area contributed by atoms with E-state index in [1.165, 1.54) is 0 Å². The summed E-state index contributed by atoms with van der Waals surface area (Å²) in [5.74, 6) is 1.15. The molecular formula is C9H13N3. The molecule has 1 unspecified atom stereocenters. The van der Waals surface area contributed by atoms with Gasteiger partial charge in [-0.2, -0.15) is 0 Å². The summed E-state index contributed by atoms with van der Waals surface area (Å²) < 4.78 is 0. The van der Waals surface area contributed by atoms with Crippen LogP contribution in [-0.4, -0.2) is 32.4 Å². The minimum absolute atomic E-state index is 0.475. The fraction of sp³-hybridized carbons (Fsp3) is 0.444. The molecule has 3 nitrogen and oxygen atoms in total. The molecule has 0 saturated heterocycles. The number of amidine groups is 1. The molecule has 1 rings (SSSR count). The summed E-state index contributed by atoms with van der Waals surface area (Å²) in [6.07, 6.45) is 3.92. The van der Waals surface area contributed by atoms with Gasteiger partial charge in [-0.05, 0) is 12.6 Å². The Labute approximate surface area is 72.6 Å². The number of hydrogen-bond donors (Lipinski definition) is 0.